The Labute approximate surface area is 293 Å². The van der Waals surface area contributed by atoms with Crippen LogP contribution in [0.2, 0.25) is 0 Å². The lowest BCUT2D eigenvalue weighted by Crippen LogP contribution is -2.56. The Morgan fingerprint density at radius 1 is 1.16 bits per heavy atom. The Balaban J connectivity index is 1.22. The average Bonchev–Trinajstić information content (AvgIpc) is 3.72. The van der Waals surface area contributed by atoms with Gasteiger partial charge in [0.05, 0.1) is 35.2 Å². The summed E-state index contributed by atoms with van der Waals surface area (Å²) >= 11 is 0. The van der Waals surface area contributed by atoms with Gasteiger partial charge in [0.1, 0.15) is 41.4 Å². The van der Waals surface area contributed by atoms with E-state index in [1.54, 1.807) is 0 Å². The molecule has 4 aliphatic rings. The van der Waals surface area contributed by atoms with Crippen LogP contribution in [0.1, 0.15) is 51.5 Å². The first kappa shape index (κ1) is 33.3. The molecule has 4 fully saturated rings. The number of anilines is 1. The van der Waals surface area contributed by atoms with Gasteiger partial charge in [-0.05, 0) is 61.7 Å². The minimum atomic E-state index is -0.957. The van der Waals surface area contributed by atoms with Crippen LogP contribution in [0, 0.1) is 29.9 Å². The molecule has 13 heteroatoms. The van der Waals surface area contributed by atoms with E-state index in [1.165, 1.54) is 30.5 Å². The third-order valence-corrected chi connectivity index (χ3v) is 10.9. The van der Waals surface area contributed by atoms with Gasteiger partial charge in [-0.15, -0.1) is 6.42 Å². The molecule has 1 N–H and O–H groups in total. The van der Waals surface area contributed by atoms with E-state index in [4.69, 9.17) is 20.9 Å². The summed E-state index contributed by atoms with van der Waals surface area (Å²) in [5, 5.41) is 11.6. The van der Waals surface area contributed by atoms with Gasteiger partial charge in [0, 0.05) is 43.2 Å². The van der Waals surface area contributed by atoms with E-state index in [9.17, 15) is 18.7 Å². The lowest BCUT2D eigenvalue weighted by atomic mass is 9.95. The number of halogens is 3. The Morgan fingerprint density at radius 3 is 2.69 bits per heavy atom. The van der Waals surface area contributed by atoms with Gasteiger partial charge in [0.25, 0.3) is 0 Å². The largest absolute Gasteiger partial charge is 0.508 e. The van der Waals surface area contributed by atoms with Gasteiger partial charge in [0.2, 0.25) is 0 Å². The summed E-state index contributed by atoms with van der Waals surface area (Å²) in [6.07, 6.45) is 9.46. The number of pyridine rings is 1. The molecule has 0 aliphatic carbocycles. The number of carbonyl (C=O) groups is 1. The molecule has 4 aromatic rings. The number of nitrogens with zero attached hydrogens (tertiary/aromatic N) is 6. The van der Waals surface area contributed by atoms with E-state index in [0.29, 0.717) is 49.3 Å². The van der Waals surface area contributed by atoms with Crippen molar-refractivity contribution in [3.63, 3.8) is 0 Å². The van der Waals surface area contributed by atoms with Crippen molar-refractivity contribution in [3.8, 4) is 35.4 Å². The number of hydrogen-bond donors (Lipinski definition) is 1. The van der Waals surface area contributed by atoms with Crippen molar-refractivity contribution >= 4 is 33.6 Å². The van der Waals surface area contributed by atoms with Crippen LogP contribution in [-0.4, -0.2) is 99.1 Å². The van der Waals surface area contributed by atoms with Gasteiger partial charge >= 0.3 is 12.1 Å². The molecule has 2 aromatic carbocycles. The Hall–Kier alpha value is -4.83. The van der Waals surface area contributed by atoms with Crippen LogP contribution in [0.15, 0.2) is 30.5 Å². The molecule has 51 heavy (non-hydrogen) atoms. The van der Waals surface area contributed by atoms with Crippen LogP contribution < -0.4 is 9.64 Å². The topological polar surface area (TPSA) is 104 Å². The summed E-state index contributed by atoms with van der Waals surface area (Å²) in [6.45, 7) is 6.41. The normalized spacial score (nSPS) is 24.5. The molecule has 4 saturated heterocycles. The molecule has 1 amide bonds. The number of benzene rings is 2. The zero-order chi connectivity index (χ0) is 35.6. The molecule has 266 valence electrons. The molecule has 2 bridgehead atoms. The van der Waals surface area contributed by atoms with Crippen molar-refractivity contribution in [2.45, 2.75) is 69.7 Å². The van der Waals surface area contributed by atoms with Crippen molar-refractivity contribution in [2.75, 3.05) is 44.3 Å². The molecule has 10 nitrogen and oxygen atoms in total. The van der Waals surface area contributed by atoms with E-state index >= 15 is 4.39 Å². The minimum Gasteiger partial charge on any atom is -0.508 e. The molecular weight excluding hydrogens is 661 g/mol. The highest BCUT2D eigenvalue weighted by Crippen LogP contribution is 2.42. The molecule has 4 atom stereocenters. The van der Waals surface area contributed by atoms with Crippen molar-refractivity contribution < 1.29 is 32.5 Å². The molecule has 0 radical (unpaired) electrons. The predicted octanol–water partition coefficient (Wildman–Crippen LogP) is 6.21. The number of terminal acetylenes is 1. The molecular formula is C38H39F3N6O4. The zero-order valence-corrected chi connectivity index (χ0v) is 28.5. The van der Waals surface area contributed by atoms with Gasteiger partial charge < -0.3 is 19.5 Å². The van der Waals surface area contributed by atoms with Crippen LogP contribution in [0.5, 0.6) is 11.8 Å². The summed E-state index contributed by atoms with van der Waals surface area (Å²) in [5.74, 6) is 1.29. The number of ether oxygens (including phenoxy) is 2. The fraction of sp³-hybridized carbons (Fsp3) is 0.474. The van der Waals surface area contributed by atoms with E-state index in [-0.39, 0.29) is 70.2 Å². The summed E-state index contributed by atoms with van der Waals surface area (Å²) in [4.78, 5) is 32.9. The van der Waals surface area contributed by atoms with Crippen molar-refractivity contribution in [2.24, 2.45) is 5.92 Å². The van der Waals surface area contributed by atoms with Crippen molar-refractivity contribution in [3.05, 3.63) is 47.7 Å². The Kier molecular flexibility index (Phi) is 8.32. The molecule has 2 aromatic heterocycles. The maximum atomic E-state index is 17.0. The molecule has 2 unspecified atom stereocenters. The van der Waals surface area contributed by atoms with Gasteiger partial charge in [-0.25, -0.2) is 18.0 Å². The third-order valence-electron chi connectivity index (χ3n) is 10.9. The van der Waals surface area contributed by atoms with Crippen LogP contribution in [-0.2, 0) is 4.74 Å². The second kappa shape index (κ2) is 12.7. The second-order valence-corrected chi connectivity index (χ2v) is 14.7. The Morgan fingerprint density at radius 2 is 1.94 bits per heavy atom. The van der Waals surface area contributed by atoms with Crippen LogP contribution >= 0.6 is 0 Å². The highest BCUT2D eigenvalue weighted by atomic mass is 19.1. The first-order valence-electron chi connectivity index (χ1n) is 17.6. The highest BCUT2D eigenvalue weighted by Gasteiger charge is 2.50. The number of aromatic hydroxyl groups is 1. The zero-order valence-electron chi connectivity index (χ0n) is 28.5. The van der Waals surface area contributed by atoms with Gasteiger partial charge in [-0.1, -0.05) is 25.8 Å². The number of fused-ring (bicyclic) bond motifs is 5. The van der Waals surface area contributed by atoms with Gasteiger partial charge in [-0.3, -0.25) is 14.8 Å². The number of carbonyl (C=O) groups excluding carboxylic acids is 1. The van der Waals surface area contributed by atoms with Gasteiger partial charge in [-0.2, -0.15) is 9.97 Å². The molecule has 0 saturated carbocycles. The van der Waals surface area contributed by atoms with Crippen LogP contribution in [0.4, 0.5) is 23.8 Å². The standard InChI is InChI=1S/C38H39F3N6O4/c1-4-27-30(40)9-6-22-12-26(48)13-28(31(22)27)33-32(41)34-29(15-42-33)35(44-36(43-34)51-20-38-10-5-11-46(38)16-23(39)14-38)45-17-24-7-8-25(18-45)47(24)37(49)50-19-21(2)3/h1,6,9,12-13,15,21,23-25,48H,5,7-8,10-11,14,16-20H2,2-3H3/t23-,24?,25?,38+/m1/s1. The number of rotatable bonds is 7. The van der Waals surface area contributed by atoms with Crippen LogP contribution in [0.25, 0.3) is 32.9 Å². The number of phenols is 1. The number of piperazine rings is 1. The average molecular weight is 701 g/mol. The van der Waals surface area contributed by atoms with Gasteiger partial charge in [0.15, 0.2) is 5.82 Å². The van der Waals surface area contributed by atoms with E-state index < -0.39 is 23.3 Å². The summed E-state index contributed by atoms with van der Waals surface area (Å²) < 4.78 is 58.3. The summed E-state index contributed by atoms with van der Waals surface area (Å²) in [5.41, 5.74) is -0.740. The highest BCUT2D eigenvalue weighted by molar-refractivity contribution is 6.03. The number of hydrogen-bond acceptors (Lipinski definition) is 9. The fourth-order valence-corrected chi connectivity index (χ4v) is 8.60. The van der Waals surface area contributed by atoms with E-state index in [1.807, 2.05) is 23.6 Å². The number of amides is 1. The van der Waals surface area contributed by atoms with Crippen molar-refractivity contribution in [1.29, 1.82) is 0 Å². The lowest BCUT2D eigenvalue weighted by molar-refractivity contribution is 0.0703. The second-order valence-electron chi connectivity index (χ2n) is 14.7. The lowest BCUT2D eigenvalue weighted by Gasteiger charge is -2.41. The maximum absolute atomic E-state index is 17.0. The van der Waals surface area contributed by atoms with E-state index in [0.717, 1.165) is 32.2 Å². The summed E-state index contributed by atoms with van der Waals surface area (Å²) in [7, 11) is 0. The minimum absolute atomic E-state index is 0.0701. The first-order valence-corrected chi connectivity index (χ1v) is 17.6. The van der Waals surface area contributed by atoms with Crippen molar-refractivity contribution in [1.82, 2.24) is 24.8 Å². The number of alkyl halides is 1. The molecule has 6 heterocycles. The Bertz CT molecular complexity index is 2080. The fourth-order valence-electron chi connectivity index (χ4n) is 8.60. The first-order chi connectivity index (χ1) is 24.5. The third kappa shape index (κ3) is 5.73. The molecule has 8 rings (SSSR count). The van der Waals surface area contributed by atoms with Crippen LogP contribution in [0.3, 0.4) is 0 Å². The SMILES string of the molecule is C#Cc1c(F)ccc2cc(O)cc(-c3ncc4c(N5CC6CCC(C5)N6C(=O)OCC(C)C)nc(OC[C@@]56CCCN5C[C@H](F)C6)nc4c3F)c12. The number of phenolic OH excluding ortho intramolecular Hbond substituents is 1. The quantitative estimate of drug-likeness (QED) is 0.226. The monoisotopic (exact) mass is 700 g/mol. The van der Waals surface area contributed by atoms with E-state index in [2.05, 4.69) is 20.8 Å². The number of aromatic nitrogens is 3. The molecule has 4 aliphatic heterocycles. The smallest absolute Gasteiger partial charge is 0.410 e. The maximum Gasteiger partial charge on any atom is 0.410 e. The molecule has 0 spiro atoms. The summed E-state index contributed by atoms with van der Waals surface area (Å²) in [6, 6.07) is 5.03. The predicted molar refractivity (Wildman–Crippen MR) is 185 cm³/mol.